The van der Waals surface area contributed by atoms with Gasteiger partial charge in [-0.25, -0.2) is 9.48 Å². The summed E-state index contributed by atoms with van der Waals surface area (Å²) in [5.74, 6) is -0.149. The Balaban J connectivity index is 1.32. The predicted molar refractivity (Wildman–Crippen MR) is 128 cm³/mol. The molecule has 1 saturated heterocycles. The molecule has 2 aromatic carbocycles. The number of urea groups is 1. The maximum atomic E-state index is 12.9. The maximum absolute atomic E-state index is 12.9. The zero-order chi connectivity index (χ0) is 23.4. The molecular formula is C24H28N6O3. The number of nitrogens with zero attached hydrogens (tertiary/aromatic N) is 4. The lowest BCUT2D eigenvalue weighted by atomic mass is 10.2. The fourth-order valence-corrected chi connectivity index (χ4v) is 3.99. The van der Waals surface area contributed by atoms with Crippen LogP contribution in [-0.4, -0.2) is 58.9 Å². The van der Waals surface area contributed by atoms with Gasteiger partial charge in [0.1, 0.15) is 5.69 Å². The second-order valence-corrected chi connectivity index (χ2v) is 7.95. The lowest BCUT2D eigenvalue weighted by molar-refractivity contribution is -0.130. The fraction of sp³-hybridized carbons (Fsp3) is 0.292. The number of piperazine rings is 1. The normalized spacial score (nSPS) is 13.6. The van der Waals surface area contributed by atoms with Crippen molar-refractivity contribution in [3.8, 4) is 5.69 Å². The second-order valence-electron chi connectivity index (χ2n) is 7.95. The highest BCUT2D eigenvalue weighted by molar-refractivity contribution is 5.92. The molecule has 3 aromatic rings. The molecule has 0 saturated carbocycles. The first-order valence-electron chi connectivity index (χ1n) is 10.9. The van der Waals surface area contributed by atoms with Gasteiger partial charge in [-0.2, -0.15) is 0 Å². The molecule has 1 fully saturated rings. The molecule has 172 valence electrons. The molecule has 4 rings (SSSR count). The minimum atomic E-state index is -0.586. The Labute approximate surface area is 192 Å². The zero-order valence-electron chi connectivity index (χ0n) is 18.8. The Morgan fingerprint density at radius 2 is 1.45 bits per heavy atom. The molecule has 0 spiro atoms. The van der Waals surface area contributed by atoms with Crippen molar-refractivity contribution in [2.45, 2.75) is 6.92 Å². The molecule has 0 unspecified atom stereocenters. The molecule has 0 radical (unpaired) electrons. The summed E-state index contributed by atoms with van der Waals surface area (Å²) >= 11 is 0. The van der Waals surface area contributed by atoms with E-state index in [1.807, 2.05) is 48.5 Å². The first-order valence-corrected chi connectivity index (χ1v) is 10.9. The lowest BCUT2D eigenvalue weighted by Gasteiger charge is -2.36. The van der Waals surface area contributed by atoms with E-state index in [9.17, 15) is 14.4 Å². The predicted octanol–water partition coefficient (Wildman–Crippen LogP) is 1.95. The fourth-order valence-electron chi connectivity index (χ4n) is 3.99. The third kappa shape index (κ3) is 4.77. The van der Waals surface area contributed by atoms with Crippen molar-refractivity contribution in [2.75, 3.05) is 42.9 Å². The largest absolute Gasteiger partial charge is 0.368 e. The van der Waals surface area contributed by atoms with Crippen LogP contribution in [0.2, 0.25) is 0 Å². The highest BCUT2D eigenvalue weighted by Gasteiger charge is 2.22. The molecule has 1 aliphatic rings. The van der Waals surface area contributed by atoms with Crippen LogP contribution in [0.1, 0.15) is 5.69 Å². The summed E-state index contributed by atoms with van der Waals surface area (Å²) in [7, 11) is 1.76. The van der Waals surface area contributed by atoms with Gasteiger partial charge in [-0.05, 0) is 31.2 Å². The molecule has 1 aromatic heterocycles. The standard InChI is InChI=1S/C24H28N6O3/c1-18-22(23(32)30(27(18)2)20-11-7-4-8-12-20)26-24(33)25-17-21(31)29-15-13-28(14-16-29)19-9-5-3-6-10-19/h3-12H,13-17H2,1-2H3,(H2,25,26,33). The summed E-state index contributed by atoms with van der Waals surface area (Å²) in [6.07, 6.45) is 0. The molecule has 0 atom stereocenters. The van der Waals surface area contributed by atoms with Crippen molar-refractivity contribution < 1.29 is 9.59 Å². The van der Waals surface area contributed by atoms with Gasteiger partial charge in [0.2, 0.25) is 5.91 Å². The van der Waals surface area contributed by atoms with E-state index in [1.54, 1.807) is 23.6 Å². The van der Waals surface area contributed by atoms with E-state index in [2.05, 4.69) is 27.7 Å². The number of carbonyl (C=O) groups is 2. The number of hydrogen-bond donors (Lipinski definition) is 2. The quantitative estimate of drug-likeness (QED) is 0.624. The van der Waals surface area contributed by atoms with Crippen molar-refractivity contribution in [3.63, 3.8) is 0 Å². The Morgan fingerprint density at radius 3 is 2.06 bits per heavy atom. The van der Waals surface area contributed by atoms with Gasteiger partial charge in [0.05, 0.1) is 17.9 Å². The highest BCUT2D eigenvalue weighted by Crippen LogP contribution is 2.16. The minimum Gasteiger partial charge on any atom is -0.368 e. The number of nitrogens with one attached hydrogen (secondary N) is 2. The average Bonchev–Trinajstić information content (AvgIpc) is 3.06. The van der Waals surface area contributed by atoms with Gasteiger partial charge in [-0.15, -0.1) is 0 Å². The van der Waals surface area contributed by atoms with Crippen LogP contribution in [0.25, 0.3) is 5.69 Å². The van der Waals surface area contributed by atoms with Crippen molar-refractivity contribution in [3.05, 3.63) is 76.7 Å². The van der Waals surface area contributed by atoms with E-state index in [1.165, 1.54) is 4.68 Å². The molecule has 0 bridgehead atoms. The molecule has 3 amide bonds. The zero-order valence-corrected chi connectivity index (χ0v) is 18.8. The third-order valence-corrected chi connectivity index (χ3v) is 5.95. The summed E-state index contributed by atoms with van der Waals surface area (Å²) in [6.45, 7) is 4.30. The van der Waals surface area contributed by atoms with Gasteiger partial charge in [-0.3, -0.25) is 14.3 Å². The summed E-state index contributed by atoms with van der Waals surface area (Å²) in [4.78, 5) is 41.9. The summed E-state index contributed by atoms with van der Waals surface area (Å²) in [5.41, 5.74) is 2.30. The Morgan fingerprint density at radius 1 is 0.879 bits per heavy atom. The van der Waals surface area contributed by atoms with Gasteiger partial charge in [0.25, 0.3) is 5.56 Å². The van der Waals surface area contributed by atoms with E-state index < -0.39 is 6.03 Å². The first-order chi connectivity index (χ1) is 16.0. The van der Waals surface area contributed by atoms with Gasteiger partial charge in [0.15, 0.2) is 0 Å². The highest BCUT2D eigenvalue weighted by atomic mass is 16.2. The van der Waals surface area contributed by atoms with Crippen LogP contribution in [0.5, 0.6) is 0 Å². The van der Waals surface area contributed by atoms with Gasteiger partial charge >= 0.3 is 6.03 Å². The summed E-state index contributed by atoms with van der Waals surface area (Å²) in [5, 5.41) is 5.19. The number of amides is 3. The van der Waals surface area contributed by atoms with E-state index >= 15 is 0 Å². The first kappa shape index (κ1) is 22.2. The van der Waals surface area contributed by atoms with E-state index in [0.29, 0.717) is 24.5 Å². The van der Waals surface area contributed by atoms with E-state index in [0.717, 1.165) is 18.8 Å². The second kappa shape index (κ2) is 9.64. The number of benzene rings is 2. The van der Waals surface area contributed by atoms with Crippen LogP contribution in [0.15, 0.2) is 65.5 Å². The van der Waals surface area contributed by atoms with Crippen molar-refractivity contribution >= 4 is 23.3 Å². The molecule has 33 heavy (non-hydrogen) atoms. The summed E-state index contributed by atoms with van der Waals surface area (Å²) < 4.78 is 3.17. The van der Waals surface area contributed by atoms with Gasteiger partial charge < -0.3 is 20.4 Å². The molecule has 0 aliphatic carbocycles. The third-order valence-electron chi connectivity index (χ3n) is 5.95. The number of aromatic nitrogens is 2. The van der Waals surface area contributed by atoms with Crippen LogP contribution in [0, 0.1) is 6.92 Å². The number of anilines is 2. The van der Waals surface area contributed by atoms with Crippen molar-refractivity contribution in [2.24, 2.45) is 7.05 Å². The SMILES string of the molecule is Cc1c(NC(=O)NCC(=O)N2CCN(c3ccccc3)CC2)c(=O)n(-c2ccccc2)n1C. The Hall–Kier alpha value is -4.01. The molecule has 2 N–H and O–H groups in total. The minimum absolute atomic E-state index is 0.129. The molecule has 9 nitrogen and oxygen atoms in total. The molecule has 9 heteroatoms. The number of rotatable bonds is 5. The molecule has 1 aliphatic heterocycles. The topological polar surface area (TPSA) is 91.6 Å². The average molecular weight is 449 g/mol. The monoisotopic (exact) mass is 448 g/mol. The van der Waals surface area contributed by atoms with Crippen LogP contribution >= 0.6 is 0 Å². The molecule has 2 heterocycles. The van der Waals surface area contributed by atoms with Crippen LogP contribution in [0.3, 0.4) is 0 Å². The van der Waals surface area contributed by atoms with Crippen molar-refractivity contribution in [1.82, 2.24) is 19.6 Å². The lowest BCUT2D eigenvalue weighted by Crippen LogP contribution is -2.51. The van der Waals surface area contributed by atoms with E-state index in [4.69, 9.17) is 0 Å². The van der Waals surface area contributed by atoms with Crippen molar-refractivity contribution in [1.29, 1.82) is 0 Å². The van der Waals surface area contributed by atoms with Crippen LogP contribution in [-0.2, 0) is 11.8 Å². The van der Waals surface area contributed by atoms with E-state index in [-0.39, 0.29) is 23.7 Å². The Bertz CT molecular complexity index is 1180. The summed E-state index contributed by atoms with van der Waals surface area (Å²) in [6, 6.07) is 18.7. The maximum Gasteiger partial charge on any atom is 0.319 e. The molecular weight excluding hydrogens is 420 g/mol. The Kier molecular flexibility index (Phi) is 6.48. The van der Waals surface area contributed by atoms with Gasteiger partial charge in [0, 0.05) is 38.9 Å². The number of hydrogen-bond acceptors (Lipinski definition) is 4. The smallest absolute Gasteiger partial charge is 0.319 e. The number of carbonyl (C=O) groups excluding carboxylic acids is 2. The van der Waals surface area contributed by atoms with Gasteiger partial charge in [-0.1, -0.05) is 36.4 Å². The van der Waals surface area contributed by atoms with Crippen LogP contribution < -0.4 is 21.1 Å². The van der Waals surface area contributed by atoms with Crippen LogP contribution in [0.4, 0.5) is 16.2 Å². The number of para-hydroxylation sites is 2.